The van der Waals surface area contributed by atoms with Gasteiger partial charge in [-0.05, 0) is 4.20 Å². The summed E-state index contributed by atoms with van der Waals surface area (Å²) >= 11 is -3.40. The average molecular weight is 207 g/mol. The van der Waals surface area contributed by atoms with E-state index in [9.17, 15) is 0 Å². The van der Waals surface area contributed by atoms with Gasteiger partial charge in [0.05, 0.1) is 0 Å². The fourth-order valence-electron chi connectivity index (χ4n) is 0. The Labute approximate surface area is 55.7 Å². The minimum absolute atomic E-state index is 2.06. The Kier molecular flexibility index (Phi) is 11.0. The highest BCUT2D eigenvalue weighted by Gasteiger charge is 2.03. The summed E-state index contributed by atoms with van der Waals surface area (Å²) in [5, 5.41) is 22.0. The molecule has 0 unspecified atom stereocenters. The molecule has 0 atom stereocenters. The summed E-state index contributed by atoms with van der Waals surface area (Å²) in [6, 6.07) is 0. The standard InChI is InChI=1S/BH3O4.BrHO3/c2-1(3)5-4;2-1(3)4/h2-4H;2H. The van der Waals surface area contributed by atoms with Crippen LogP contribution in [0.2, 0.25) is 0 Å². The molecule has 0 aliphatic heterocycles. The topological polar surface area (TPSA) is 136 Å². The zero-order valence-corrected chi connectivity index (χ0v) is 5.55. The maximum absolute atomic E-state index is 8.63. The molecule has 0 aliphatic rings. The van der Waals surface area contributed by atoms with Gasteiger partial charge in [-0.1, -0.05) is 0 Å². The summed E-state index contributed by atoms with van der Waals surface area (Å²) in [6.45, 7) is 0. The van der Waals surface area contributed by atoms with Crippen LogP contribution in [0.15, 0.2) is 0 Å². The van der Waals surface area contributed by atoms with Crippen LogP contribution in [0.1, 0.15) is 0 Å². The third kappa shape index (κ3) is 63.2. The Morgan fingerprint density at radius 1 is 1.33 bits per heavy atom. The van der Waals surface area contributed by atoms with E-state index in [1.54, 1.807) is 0 Å². The lowest BCUT2D eigenvalue weighted by atomic mass is 10.3. The lowest BCUT2D eigenvalue weighted by molar-refractivity contribution is -1.63. The molecule has 0 spiro atoms. The maximum atomic E-state index is 8.63. The molecule has 0 fully saturated rings. The Hall–Kier alpha value is 0.265. The van der Waals surface area contributed by atoms with Crippen LogP contribution in [0.4, 0.5) is 0 Å². The zero-order valence-electron chi connectivity index (χ0n) is 3.97. The van der Waals surface area contributed by atoms with Gasteiger partial charge in [0, 0.05) is 0 Å². The van der Waals surface area contributed by atoms with E-state index >= 15 is 0 Å². The van der Waals surface area contributed by atoms with Gasteiger partial charge in [-0.15, -0.1) is 0 Å². The van der Waals surface area contributed by atoms with Crippen molar-refractivity contribution in [2.75, 3.05) is 0 Å². The van der Waals surface area contributed by atoms with Crippen molar-refractivity contribution < 1.29 is 47.5 Å². The van der Waals surface area contributed by atoms with E-state index in [4.69, 9.17) is 27.9 Å². The van der Waals surface area contributed by atoms with Gasteiger partial charge >= 0.3 is 22.1 Å². The van der Waals surface area contributed by atoms with Gasteiger partial charge in [-0.3, -0.25) is 5.26 Å². The summed E-state index contributed by atoms with van der Waals surface area (Å²) in [6.07, 6.45) is 0. The van der Waals surface area contributed by atoms with Crippen LogP contribution in [-0.2, 0) is 4.81 Å². The normalized spacial score (nSPS) is 8.33. The van der Waals surface area contributed by atoms with Crippen LogP contribution in [0.3, 0.4) is 0 Å². The van der Waals surface area contributed by atoms with Crippen molar-refractivity contribution in [1.29, 1.82) is 0 Å². The van der Waals surface area contributed by atoms with E-state index in [1.807, 2.05) is 0 Å². The highest BCUT2D eigenvalue weighted by atomic mass is 80.0. The molecule has 0 amide bonds. The van der Waals surface area contributed by atoms with Crippen LogP contribution in [-0.4, -0.2) is 26.8 Å². The SMILES string of the molecule is OOB(O)O.[O-][Br+2]([O-])O. The molecule has 0 heterocycles. The van der Waals surface area contributed by atoms with E-state index in [0.717, 1.165) is 0 Å². The predicted molar refractivity (Wildman–Crippen MR) is 16.1 cm³/mol. The second-order valence-corrected chi connectivity index (χ2v) is 1.48. The monoisotopic (exact) mass is 206 g/mol. The van der Waals surface area contributed by atoms with Gasteiger partial charge in [0.1, 0.15) is 0 Å². The van der Waals surface area contributed by atoms with Gasteiger partial charge in [-0.25, -0.2) is 4.81 Å². The van der Waals surface area contributed by atoms with Crippen molar-refractivity contribution in [3.8, 4) is 0 Å². The van der Waals surface area contributed by atoms with Crippen molar-refractivity contribution in [1.82, 2.24) is 0 Å². The molecule has 4 N–H and O–H groups in total. The van der Waals surface area contributed by atoms with Crippen LogP contribution in [0, 0.1) is 14.8 Å². The molecular weight excluding hydrogens is 203 g/mol. The number of rotatable bonds is 1. The van der Waals surface area contributed by atoms with Gasteiger partial charge in [0.15, 0.2) is 0 Å². The van der Waals surface area contributed by atoms with E-state index in [2.05, 4.69) is 4.81 Å². The van der Waals surface area contributed by atoms with Gasteiger partial charge in [0.2, 0.25) is 0 Å². The lowest BCUT2D eigenvalue weighted by Crippen LogP contribution is -2.30. The second-order valence-electron chi connectivity index (χ2n) is 0.633. The minimum Gasteiger partial charge on any atom is -0.400 e. The van der Waals surface area contributed by atoms with Crippen LogP contribution in [0.5, 0.6) is 0 Å². The van der Waals surface area contributed by atoms with Crippen molar-refractivity contribution in [3.05, 3.63) is 0 Å². The fraction of sp³-hybridized carbons (Fsp3) is 0. The highest BCUT2D eigenvalue weighted by Crippen LogP contribution is 1.58. The van der Waals surface area contributed by atoms with Crippen LogP contribution < -0.4 is 8.40 Å². The molecule has 9 heavy (non-hydrogen) atoms. The molecule has 0 saturated heterocycles. The third-order valence-electron chi connectivity index (χ3n) is 0.0943. The van der Waals surface area contributed by atoms with Gasteiger partial charge in [0.25, 0.3) is 0 Å². The number of hydrogen-bond acceptors (Lipinski definition) is 7. The summed E-state index contributed by atoms with van der Waals surface area (Å²) in [7, 11) is -2.06. The molecule has 56 valence electrons. The Bertz CT molecular complexity index is 41.4. The Balaban J connectivity index is 0. The molecular formula is H4BBrO7. The summed E-state index contributed by atoms with van der Waals surface area (Å²) in [5.41, 5.74) is 0. The van der Waals surface area contributed by atoms with E-state index in [-0.39, 0.29) is 0 Å². The maximum Gasteiger partial charge on any atom is 0.662 e. The quantitative estimate of drug-likeness (QED) is 0.193. The largest absolute Gasteiger partial charge is 0.662 e. The molecule has 0 rings (SSSR count). The first-order valence-electron chi connectivity index (χ1n) is 1.41. The first-order chi connectivity index (χ1) is 4.00. The molecule has 9 heteroatoms. The van der Waals surface area contributed by atoms with Gasteiger partial charge in [-0.2, -0.15) is 0 Å². The summed E-state index contributed by atoms with van der Waals surface area (Å²) < 4.78 is 24.3. The van der Waals surface area contributed by atoms with E-state index in [0.29, 0.717) is 0 Å². The first-order valence-corrected chi connectivity index (χ1v) is 3.42. The molecule has 0 saturated carbocycles. The van der Waals surface area contributed by atoms with E-state index < -0.39 is 22.1 Å². The Morgan fingerprint density at radius 2 is 1.44 bits per heavy atom. The smallest absolute Gasteiger partial charge is 0.400 e. The Morgan fingerprint density at radius 3 is 1.44 bits per heavy atom. The van der Waals surface area contributed by atoms with Crippen LogP contribution in [0.25, 0.3) is 0 Å². The highest BCUT2D eigenvalue weighted by molar-refractivity contribution is 6.32. The van der Waals surface area contributed by atoms with Gasteiger partial charge < -0.3 is 18.4 Å². The van der Waals surface area contributed by atoms with Crippen molar-refractivity contribution in [3.63, 3.8) is 0 Å². The summed E-state index contributed by atoms with van der Waals surface area (Å²) in [4.78, 5) is 2.86. The second kappa shape index (κ2) is 8.26. The first kappa shape index (κ1) is 12.0. The summed E-state index contributed by atoms with van der Waals surface area (Å²) in [5.74, 6) is 0. The average Bonchev–Trinajstić information content (AvgIpc) is 1.65. The van der Waals surface area contributed by atoms with Crippen molar-refractivity contribution in [2.24, 2.45) is 0 Å². The third-order valence-corrected chi connectivity index (χ3v) is 0.0943. The molecule has 7 nitrogen and oxygen atoms in total. The van der Waals surface area contributed by atoms with Crippen LogP contribution >= 0.6 is 0 Å². The lowest BCUT2D eigenvalue weighted by Gasteiger charge is -1.82. The van der Waals surface area contributed by atoms with E-state index in [1.165, 1.54) is 0 Å². The minimum atomic E-state index is -3.40. The van der Waals surface area contributed by atoms with Crippen molar-refractivity contribution >= 4 is 7.32 Å². The molecule has 0 aromatic rings. The molecule has 0 bridgehead atoms. The molecule has 0 aromatic carbocycles. The zero-order chi connectivity index (χ0) is 7.86. The molecule has 0 aromatic heterocycles. The molecule has 0 aliphatic carbocycles. The van der Waals surface area contributed by atoms with Crippen molar-refractivity contribution in [2.45, 2.75) is 0 Å². The molecule has 0 radical (unpaired) electrons. The number of halogens is 1. The predicted octanol–water partition coefficient (Wildman–Crippen LogP) is -4.49. The fourth-order valence-corrected chi connectivity index (χ4v) is 0. The number of hydrogen-bond donors (Lipinski definition) is 4.